The molecule has 0 radical (unpaired) electrons. The van der Waals surface area contributed by atoms with Gasteiger partial charge in [-0.1, -0.05) is 12.7 Å². The smallest absolute Gasteiger partial charge is 0.331 e. The summed E-state index contributed by atoms with van der Waals surface area (Å²) in [6.07, 6.45) is 1.42. The highest BCUT2D eigenvalue weighted by atomic mass is 16.2. The minimum Gasteiger partial charge on any atom is -0.372 e. The fourth-order valence-electron chi connectivity index (χ4n) is 2.82. The van der Waals surface area contributed by atoms with Crippen LogP contribution >= 0.6 is 0 Å². The summed E-state index contributed by atoms with van der Waals surface area (Å²) in [5.41, 5.74) is 2.00. The number of nitrogens with zero attached hydrogens (tertiary/aromatic N) is 2. The van der Waals surface area contributed by atoms with Crippen molar-refractivity contribution in [1.82, 2.24) is 10.2 Å². The van der Waals surface area contributed by atoms with Gasteiger partial charge in [-0.25, -0.2) is 4.79 Å². The Kier molecular flexibility index (Phi) is 6.16. The van der Waals surface area contributed by atoms with Gasteiger partial charge in [-0.2, -0.15) is 0 Å². The Morgan fingerprint density at radius 1 is 1.23 bits per heavy atom. The number of imide groups is 2. The second-order valence-corrected chi connectivity index (χ2v) is 5.83. The van der Waals surface area contributed by atoms with Gasteiger partial charge in [0, 0.05) is 36.7 Å². The molecule has 1 aliphatic heterocycles. The highest BCUT2D eigenvalue weighted by molar-refractivity contribution is 6.18. The minimum absolute atomic E-state index is 0.0281. The first kappa shape index (κ1) is 19.2. The molecule has 1 aromatic rings. The molecular weight excluding hydrogens is 332 g/mol. The lowest BCUT2D eigenvalue weighted by atomic mass is 10.0. The number of carbonyl (C=O) groups excluding carboxylic acids is 3. The number of anilines is 2. The van der Waals surface area contributed by atoms with Crippen molar-refractivity contribution >= 4 is 29.2 Å². The van der Waals surface area contributed by atoms with Crippen LogP contribution in [-0.2, 0) is 9.59 Å². The van der Waals surface area contributed by atoms with Crippen molar-refractivity contribution in [3.63, 3.8) is 0 Å². The Morgan fingerprint density at radius 2 is 1.85 bits per heavy atom. The molecule has 7 nitrogen and oxygen atoms in total. The van der Waals surface area contributed by atoms with E-state index in [0.29, 0.717) is 5.69 Å². The van der Waals surface area contributed by atoms with Crippen molar-refractivity contribution in [2.75, 3.05) is 29.9 Å². The zero-order valence-corrected chi connectivity index (χ0v) is 15.1. The summed E-state index contributed by atoms with van der Waals surface area (Å²) in [5.74, 6) is -2.47. The van der Waals surface area contributed by atoms with Crippen molar-refractivity contribution in [1.29, 1.82) is 0 Å². The lowest BCUT2D eigenvalue weighted by molar-refractivity contribution is -0.140. The average Bonchev–Trinajstić information content (AvgIpc) is 2.61. The van der Waals surface area contributed by atoms with Gasteiger partial charge < -0.3 is 10.2 Å². The number of rotatable bonds is 8. The van der Waals surface area contributed by atoms with Gasteiger partial charge >= 0.3 is 6.03 Å². The third-order valence-electron chi connectivity index (χ3n) is 4.21. The van der Waals surface area contributed by atoms with Crippen LogP contribution in [0.15, 0.2) is 49.2 Å². The van der Waals surface area contributed by atoms with Crippen molar-refractivity contribution < 1.29 is 14.4 Å². The van der Waals surface area contributed by atoms with Crippen molar-refractivity contribution in [3.05, 3.63) is 49.2 Å². The van der Waals surface area contributed by atoms with Crippen LogP contribution in [0.2, 0.25) is 0 Å². The van der Waals surface area contributed by atoms with Crippen molar-refractivity contribution in [3.8, 4) is 0 Å². The third-order valence-corrected chi connectivity index (χ3v) is 4.21. The van der Waals surface area contributed by atoms with Gasteiger partial charge in [-0.05, 0) is 38.1 Å². The summed E-state index contributed by atoms with van der Waals surface area (Å²) in [4.78, 5) is 39.5. The topological polar surface area (TPSA) is 81.8 Å². The van der Waals surface area contributed by atoms with Gasteiger partial charge in [-0.15, -0.1) is 6.58 Å². The van der Waals surface area contributed by atoms with E-state index in [1.54, 1.807) is 0 Å². The number of barbiturate groups is 1. The van der Waals surface area contributed by atoms with E-state index in [1.807, 2.05) is 24.3 Å². The van der Waals surface area contributed by atoms with Gasteiger partial charge in [-0.3, -0.25) is 19.8 Å². The molecule has 0 saturated carbocycles. The third kappa shape index (κ3) is 3.93. The molecule has 0 spiro atoms. The maximum Gasteiger partial charge on any atom is 0.331 e. The van der Waals surface area contributed by atoms with E-state index in [4.69, 9.17) is 0 Å². The predicted molar refractivity (Wildman–Crippen MR) is 102 cm³/mol. The standard InChI is InChI=1S/C19H24N4O3/c1-5-12-23-18(25)16(17(24)21-19(23)26)13(4)20-14-8-10-15(11-9-14)22(6-2)7-3/h5,8-11,16,20H,1,4,6-7,12H2,2-3H3,(H,21,24,26)/t16-/m0/s1. The number of amides is 4. The molecule has 1 atom stereocenters. The lowest BCUT2D eigenvalue weighted by Crippen LogP contribution is -2.58. The predicted octanol–water partition coefficient (Wildman–Crippen LogP) is 2.34. The summed E-state index contributed by atoms with van der Waals surface area (Å²) in [6, 6.07) is 6.89. The Hall–Kier alpha value is -3.09. The van der Waals surface area contributed by atoms with Crippen LogP contribution in [0.1, 0.15) is 13.8 Å². The molecule has 1 heterocycles. The largest absolute Gasteiger partial charge is 0.372 e. The Balaban J connectivity index is 2.13. The molecule has 138 valence electrons. The van der Waals surface area contributed by atoms with Crippen LogP contribution in [0.4, 0.5) is 16.2 Å². The van der Waals surface area contributed by atoms with Crippen LogP contribution < -0.4 is 15.5 Å². The molecule has 0 unspecified atom stereocenters. The normalized spacial score (nSPS) is 16.9. The molecule has 1 saturated heterocycles. The molecule has 7 heteroatoms. The number of hydrogen-bond acceptors (Lipinski definition) is 5. The van der Waals surface area contributed by atoms with Crippen molar-refractivity contribution in [2.45, 2.75) is 13.8 Å². The molecule has 0 aliphatic carbocycles. The van der Waals surface area contributed by atoms with Gasteiger partial charge in [0.25, 0.3) is 0 Å². The molecule has 2 N–H and O–H groups in total. The lowest BCUT2D eigenvalue weighted by Gasteiger charge is -2.30. The summed E-state index contributed by atoms with van der Waals surface area (Å²) in [5, 5.41) is 5.17. The summed E-state index contributed by atoms with van der Waals surface area (Å²) >= 11 is 0. The number of benzene rings is 1. The molecule has 0 bridgehead atoms. The van der Waals surface area contributed by atoms with E-state index in [2.05, 4.69) is 42.5 Å². The number of carbonyl (C=O) groups is 3. The van der Waals surface area contributed by atoms with E-state index < -0.39 is 23.8 Å². The van der Waals surface area contributed by atoms with Crippen LogP contribution in [0.25, 0.3) is 0 Å². The number of nitrogens with one attached hydrogen (secondary N) is 2. The van der Waals surface area contributed by atoms with Crippen LogP contribution in [0.5, 0.6) is 0 Å². The Morgan fingerprint density at radius 3 is 2.38 bits per heavy atom. The zero-order chi connectivity index (χ0) is 19.3. The van der Waals surface area contributed by atoms with Gasteiger partial charge in [0.2, 0.25) is 11.8 Å². The highest BCUT2D eigenvalue weighted by Crippen LogP contribution is 2.23. The van der Waals surface area contributed by atoms with E-state index in [-0.39, 0.29) is 12.2 Å². The van der Waals surface area contributed by atoms with Crippen LogP contribution in [0, 0.1) is 5.92 Å². The Labute approximate surface area is 153 Å². The number of hydrogen-bond donors (Lipinski definition) is 2. The maximum absolute atomic E-state index is 12.5. The first-order valence-electron chi connectivity index (χ1n) is 8.50. The first-order valence-corrected chi connectivity index (χ1v) is 8.50. The van der Waals surface area contributed by atoms with Crippen LogP contribution in [-0.4, -0.2) is 42.4 Å². The SMILES string of the molecule is C=CCN1C(=O)NC(=O)[C@H](C(=C)Nc2ccc(N(CC)CC)cc2)C1=O. The number of urea groups is 1. The summed E-state index contributed by atoms with van der Waals surface area (Å²) in [7, 11) is 0. The Bertz CT molecular complexity index is 723. The van der Waals surface area contributed by atoms with Gasteiger partial charge in [0.15, 0.2) is 5.92 Å². The first-order chi connectivity index (χ1) is 12.4. The fourth-order valence-corrected chi connectivity index (χ4v) is 2.82. The van der Waals surface area contributed by atoms with E-state index >= 15 is 0 Å². The molecule has 26 heavy (non-hydrogen) atoms. The summed E-state index contributed by atoms with van der Waals surface area (Å²) < 4.78 is 0. The second-order valence-electron chi connectivity index (χ2n) is 5.83. The molecule has 1 aromatic carbocycles. The van der Waals surface area contributed by atoms with Gasteiger partial charge in [0.05, 0.1) is 0 Å². The second kappa shape index (κ2) is 8.33. The van der Waals surface area contributed by atoms with Gasteiger partial charge in [0.1, 0.15) is 0 Å². The molecule has 0 aromatic heterocycles. The monoisotopic (exact) mass is 356 g/mol. The molecule has 2 rings (SSSR count). The maximum atomic E-state index is 12.5. The molecular formula is C19H24N4O3. The van der Waals surface area contributed by atoms with E-state index in [9.17, 15) is 14.4 Å². The quantitative estimate of drug-likeness (QED) is 0.552. The average molecular weight is 356 g/mol. The fraction of sp³-hybridized carbons (Fsp3) is 0.316. The highest BCUT2D eigenvalue weighted by Gasteiger charge is 2.41. The van der Waals surface area contributed by atoms with Crippen LogP contribution in [0.3, 0.4) is 0 Å². The van der Waals surface area contributed by atoms with Crippen molar-refractivity contribution in [2.24, 2.45) is 5.92 Å². The summed E-state index contributed by atoms with van der Waals surface area (Å²) in [6.45, 7) is 13.3. The van der Waals surface area contributed by atoms with E-state index in [0.717, 1.165) is 23.7 Å². The minimum atomic E-state index is -1.17. The molecule has 1 fully saturated rings. The zero-order valence-electron chi connectivity index (χ0n) is 15.1. The molecule has 1 aliphatic rings. The van der Waals surface area contributed by atoms with E-state index in [1.165, 1.54) is 6.08 Å². The molecule has 4 amide bonds.